The second-order valence-corrected chi connectivity index (χ2v) is 7.79. The van der Waals surface area contributed by atoms with Crippen molar-refractivity contribution < 1.29 is 24.2 Å². The molecule has 1 aromatic carbocycles. The van der Waals surface area contributed by atoms with Crippen molar-refractivity contribution in [3.05, 3.63) is 41.2 Å². The van der Waals surface area contributed by atoms with E-state index < -0.39 is 5.97 Å². The first-order valence-corrected chi connectivity index (χ1v) is 10.0. The first-order valence-electron chi connectivity index (χ1n) is 10.0. The zero-order chi connectivity index (χ0) is 20.5. The summed E-state index contributed by atoms with van der Waals surface area (Å²) in [5.41, 5.74) is 3.49. The molecule has 0 saturated carbocycles. The van der Waals surface area contributed by atoms with Gasteiger partial charge < -0.3 is 24.0 Å². The van der Waals surface area contributed by atoms with Crippen LogP contribution in [0.2, 0.25) is 0 Å². The van der Waals surface area contributed by atoms with Crippen LogP contribution >= 0.6 is 0 Å². The minimum atomic E-state index is -0.780. The van der Waals surface area contributed by atoms with E-state index in [-0.39, 0.29) is 18.2 Å². The third-order valence-electron chi connectivity index (χ3n) is 5.79. The van der Waals surface area contributed by atoms with E-state index in [4.69, 9.17) is 14.6 Å². The van der Waals surface area contributed by atoms with Crippen LogP contribution in [0.5, 0.6) is 11.5 Å². The van der Waals surface area contributed by atoms with Crippen LogP contribution in [0.3, 0.4) is 0 Å². The molecular formula is C22H26N2O5. The van der Waals surface area contributed by atoms with Crippen molar-refractivity contribution in [1.29, 1.82) is 0 Å². The molecule has 2 aromatic rings. The summed E-state index contributed by atoms with van der Waals surface area (Å²) in [5, 5.41) is 8.88. The number of aromatic nitrogens is 1. The molecule has 1 aromatic heterocycles. The zero-order valence-electron chi connectivity index (χ0n) is 16.8. The van der Waals surface area contributed by atoms with Gasteiger partial charge in [-0.2, -0.15) is 0 Å². The van der Waals surface area contributed by atoms with Gasteiger partial charge in [-0.1, -0.05) is 0 Å². The van der Waals surface area contributed by atoms with Gasteiger partial charge in [-0.25, -0.2) is 0 Å². The highest BCUT2D eigenvalue weighted by Crippen LogP contribution is 2.34. The summed E-state index contributed by atoms with van der Waals surface area (Å²) in [6.07, 6.45) is 1.64. The van der Waals surface area contributed by atoms with Crippen LogP contribution in [0.25, 0.3) is 5.69 Å². The van der Waals surface area contributed by atoms with Gasteiger partial charge in [0, 0.05) is 42.7 Å². The number of likely N-dealkylation sites (tertiary alicyclic amines) is 1. The summed E-state index contributed by atoms with van der Waals surface area (Å²) in [5.74, 6) is 0.951. The van der Waals surface area contributed by atoms with E-state index in [1.165, 1.54) is 0 Å². The molecule has 4 rings (SSSR count). The maximum atomic E-state index is 13.1. The lowest BCUT2D eigenvalue weighted by atomic mass is 10.0. The molecule has 0 aliphatic carbocycles. The molecule has 0 spiro atoms. The van der Waals surface area contributed by atoms with E-state index in [0.717, 1.165) is 35.0 Å². The molecule has 0 bridgehead atoms. The van der Waals surface area contributed by atoms with Crippen molar-refractivity contribution in [2.24, 2.45) is 5.92 Å². The van der Waals surface area contributed by atoms with Crippen LogP contribution in [0, 0.1) is 19.8 Å². The SMILES string of the molecule is Cc1cc(C(=O)N2CCC(CCC(=O)O)C2)c(C)n1-c1ccc2c(c1)OCCO2. The lowest BCUT2D eigenvalue weighted by Crippen LogP contribution is -2.29. The first-order chi connectivity index (χ1) is 13.9. The van der Waals surface area contributed by atoms with E-state index in [1.807, 2.05) is 43.0 Å². The Morgan fingerprint density at radius 1 is 1.14 bits per heavy atom. The Labute approximate surface area is 169 Å². The molecule has 0 radical (unpaired) electrons. The molecule has 1 fully saturated rings. The summed E-state index contributed by atoms with van der Waals surface area (Å²) >= 11 is 0. The average molecular weight is 398 g/mol. The lowest BCUT2D eigenvalue weighted by Gasteiger charge is -2.20. The monoisotopic (exact) mass is 398 g/mol. The fraction of sp³-hybridized carbons (Fsp3) is 0.455. The van der Waals surface area contributed by atoms with E-state index in [1.54, 1.807) is 0 Å². The van der Waals surface area contributed by atoms with Crippen molar-refractivity contribution in [2.45, 2.75) is 33.1 Å². The summed E-state index contributed by atoms with van der Waals surface area (Å²) in [6, 6.07) is 7.75. The fourth-order valence-corrected chi connectivity index (χ4v) is 4.30. The Morgan fingerprint density at radius 2 is 1.90 bits per heavy atom. The summed E-state index contributed by atoms with van der Waals surface area (Å²) in [6.45, 7) is 6.32. The molecule has 1 atom stereocenters. The molecule has 29 heavy (non-hydrogen) atoms. The van der Waals surface area contributed by atoms with Crippen molar-refractivity contribution in [2.75, 3.05) is 26.3 Å². The van der Waals surface area contributed by atoms with Crippen LogP contribution in [0.1, 0.15) is 41.0 Å². The van der Waals surface area contributed by atoms with Crippen LogP contribution < -0.4 is 9.47 Å². The summed E-state index contributed by atoms with van der Waals surface area (Å²) < 4.78 is 13.4. The molecule has 1 N–H and O–H groups in total. The number of carbonyl (C=O) groups excluding carboxylic acids is 1. The number of carboxylic acid groups (broad SMARTS) is 1. The van der Waals surface area contributed by atoms with Crippen LogP contribution in [-0.4, -0.2) is 52.8 Å². The minimum absolute atomic E-state index is 0.0136. The predicted molar refractivity (Wildman–Crippen MR) is 107 cm³/mol. The Morgan fingerprint density at radius 3 is 2.66 bits per heavy atom. The molecule has 2 aliphatic heterocycles. The van der Waals surface area contributed by atoms with Gasteiger partial charge in [-0.3, -0.25) is 9.59 Å². The number of hydrogen-bond acceptors (Lipinski definition) is 4. The highest BCUT2D eigenvalue weighted by atomic mass is 16.6. The van der Waals surface area contributed by atoms with E-state index in [0.29, 0.717) is 38.3 Å². The number of amides is 1. The molecule has 7 nitrogen and oxygen atoms in total. The standard InChI is InChI=1S/C22H26N2O5/c1-14-11-18(22(27)23-8-7-16(13-23)3-6-21(25)26)15(2)24(14)17-4-5-19-20(12-17)29-10-9-28-19/h4-5,11-12,16H,3,6-10,13H2,1-2H3,(H,25,26). The van der Waals surface area contributed by atoms with Crippen molar-refractivity contribution in [3.63, 3.8) is 0 Å². The smallest absolute Gasteiger partial charge is 0.303 e. The van der Waals surface area contributed by atoms with Gasteiger partial charge in [0.15, 0.2) is 11.5 Å². The lowest BCUT2D eigenvalue weighted by molar-refractivity contribution is -0.137. The quantitative estimate of drug-likeness (QED) is 0.837. The molecule has 1 amide bonds. The molecule has 3 heterocycles. The number of carboxylic acids is 1. The van der Waals surface area contributed by atoms with Gasteiger partial charge in [-0.15, -0.1) is 0 Å². The molecule has 1 saturated heterocycles. The van der Waals surface area contributed by atoms with Gasteiger partial charge in [0.1, 0.15) is 13.2 Å². The summed E-state index contributed by atoms with van der Waals surface area (Å²) in [4.78, 5) is 25.8. The number of carbonyl (C=O) groups is 2. The number of fused-ring (bicyclic) bond motifs is 1. The Kier molecular flexibility index (Phi) is 5.22. The van der Waals surface area contributed by atoms with Gasteiger partial charge >= 0.3 is 5.97 Å². The second-order valence-electron chi connectivity index (χ2n) is 7.79. The molecule has 2 aliphatic rings. The van der Waals surface area contributed by atoms with Crippen molar-refractivity contribution >= 4 is 11.9 Å². The van der Waals surface area contributed by atoms with E-state index >= 15 is 0 Å². The third kappa shape index (κ3) is 3.81. The number of aliphatic carboxylic acids is 1. The maximum Gasteiger partial charge on any atom is 0.303 e. The molecule has 154 valence electrons. The number of benzene rings is 1. The highest BCUT2D eigenvalue weighted by molar-refractivity contribution is 5.96. The van der Waals surface area contributed by atoms with Gasteiger partial charge in [0.25, 0.3) is 5.91 Å². The van der Waals surface area contributed by atoms with Crippen LogP contribution in [0.15, 0.2) is 24.3 Å². The number of aryl methyl sites for hydroxylation is 1. The zero-order valence-corrected chi connectivity index (χ0v) is 16.8. The largest absolute Gasteiger partial charge is 0.486 e. The van der Waals surface area contributed by atoms with E-state index in [2.05, 4.69) is 4.57 Å². The first kappa shape index (κ1) is 19.4. The minimum Gasteiger partial charge on any atom is -0.486 e. The molecule has 1 unspecified atom stereocenters. The third-order valence-corrected chi connectivity index (χ3v) is 5.79. The van der Waals surface area contributed by atoms with E-state index in [9.17, 15) is 9.59 Å². The van der Waals surface area contributed by atoms with Crippen LogP contribution in [-0.2, 0) is 4.79 Å². The Hall–Kier alpha value is -2.96. The predicted octanol–water partition coefficient (Wildman–Crippen LogP) is 3.19. The number of nitrogens with zero attached hydrogens (tertiary/aromatic N) is 2. The van der Waals surface area contributed by atoms with Crippen LogP contribution in [0.4, 0.5) is 0 Å². The van der Waals surface area contributed by atoms with Crippen molar-refractivity contribution in [3.8, 4) is 17.2 Å². The molecule has 7 heteroatoms. The Balaban J connectivity index is 1.55. The van der Waals surface area contributed by atoms with Gasteiger partial charge in [0.05, 0.1) is 5.56 Å². The normalized spacial score (nSPS) is 18.1. The highest BCUT2D eigenvalue weighted by Gasteiger charge is 2.29. The fourth-order valence-electron chi connectivity index (χ4n) is 4.30. The second kappa shape index (κ2) is 7.81. The van der Waals surface area contributed by atoms with Gasteiger partial charge in [0.2, 0.25) is 0 Å². The average Bonchev–Trinajstić information content (AvgIpc) is 3.30. The van der Waals surface area contributed by atoms with Crippen molar-refractivity contribution in [1.82, 2.24) is 9.47 Å². The topological polar surface area (TPSA) is 81.0 Å². The van der Waals surface area contributed by atoms with Gasteiger partial charge in [-0.05, 0) is 50.8 Å². The number of hydrogen-bond donors (Lipinski definition) is 1. The number of ether oxygens (including phenoxy) is 2. The maximum absolute atomic E-state index is 13.1. The molecular weight excluding hydrogens is 372 g/mol. The Bertz CT molecular complexity index is 949. The summed E-state index contributed by atoms with van der Waals surface area (Å²) in [7, 11) is 0. The number of rotatable bonds is 5.